The number of hydrogen-bond acceptors (Lipinski definition) is 4. The lowest BCUT2D eigenvalue weighted by Gasteiger charge is -2.01. The van der Waals surface area contributed by atoms with Crippen LogP contribution in [-0.2, 0) is 0 Å². The van der Waals surface area contributed by atoms with Crippen molar-refractivity contribution in [1.29, 1.82) is 0 Å². The highest BCUT2D eigenvalue weighted by Gasteiger charge is 2.05. The van der Waals surface area contributed by atoms with E-state index < -0.39 is 11.2 Å². The minimum Gasteiger partial charge on any atom is -0.391 e. The summed E-state index contributed by atoms with van der Waals surface area (Å²) in [7, 11) is 0. The van der Waals surface area contributed by atoms with Gasteiger partial charge in [-0.3, -0.25) is 9.78 Å². The molecule has 1 rings (SSSR count). The summed E-state index contributed by atoms with van der Waals surface area (Å²) in [5.41, 5.74) is 8.71. The highest BCUT2D eigenvalue weighted by molar-refractivity contribution is 5.57. The molecule has 0 spiro atoms. The second kappa shape index (κ2) is 2.47. The summed E-state index contributed by atoms with van der Waals surface area (Å²) in [5, 5.41) is 0. The van der Waals surface area contributed by atoms with Crippen molar-refractivity contribution in [2.75, 3.05) is 11.5 Å². The van der Waals surface area contributed by atoms with Crippen LogP contribution in [0.2, 0.25) is 0 Å². The van der Waals surface area contributed by atoms with Gasteiger partial charge in [-0.25, -0.2) is 9.36 Å². The van der Waals surface area contributed by atoms with Gasteiger partial charge < -0.3 is 11.5 Å². The zero-order valence-corrected chi connectivity index (χ0v) is 6.00. The van der Waals surface area contributed by atoms with Crippen LogP contribution < -0.4 is 22.7 Å². The minimum atomic E-state index is -0.769. The second-order valence-electron chi connectivity index (χ2n) is 2.02. The van der Waals surface area contributed by atoms with Crippen molar-refractivity contribution in [3.8, 4) is 12.5 Å². The second-order valence-corrected chi connectivity index (χ2v) is 2.02. The number of terminal acetylenes is 1. The van der Waals surface area contributed by atoms with E-state index >= 15 is 0 Å². The van der Waals surface area contributed by atoms with Crippen LogP contribution in [0.3, 0.4) is 0 Å². The Bertz CT molecular complexity index is 462. The molecule has 1 aromatic rings. The Balaban J connectivity index is 3.78. The van der Waals surface area contributed by atoms with E-state index in [4.69, 9.17) is 17.9 Å². The van der Waals surface area contributed by atoms with Crippen molar-refractivity contribution < 1.29 is 0 Å². The Kier molecular flexibility index (Phi) is 1.63. The third-order valence-corrected chi connectivity index (χ3v) is 1.31. The number of H-pyrrole nitrogens is 1. The predicted octanol–water partition coefficient (Wildman–Crippen LogP) is -1.86. The largest absolute Gasteiger partial charge is 0.391 e. The monoisotopic (exact) mass is 166 g/mol. The molecule has 6 nitrogen and oxygen atoms in total. The van der Waals surface area contributed by atoms with Gasteiger partial charge in [-0.15, -0.1) is 0 Å². The molecule has 12 heavy (non-hydrogen) atoms. The van der Waals surface area contributed by atoms with Crippen molar-refractivity contribution in [1.82, 2.24) is 9.55 Å². The number of hydrogen-bond donors (Lipinski definition) is 3. The number of aromatic nitrogens is 2. The SMILES string of the molecule is C#Cn1c(N)c(N)c(=O)[nH]c1=O. The van der Waals surface area contributed by atoms with Crippen molar-refractivity contribution in [2.45, 2.75) is 0 Å². The van der Waals surface area contributed by atoms with Gasteiger partial charge in [-0.2, -0.15) is 0 Å². The van der Waals surface area contributed by atoms with E-state index in [9.17, 15) is 9.59 Å². The topological polar surface area (TPSA) is 107 Å². The first-order valence-electron chi connectivity index (χ1n) is 2.95. The van der Waals surface area contributed by atoms with Crippen molar-refractivity contribution in [3.05, 3.63) is 20.8 Å². The highest BCUT2D eigenvalue weighted by atomic mass is 16.2. The van der Waals surface area contributed by atoms with Gasteiger partial charge in [0.15, 0.2) is 0 Å². The number of nitrogens with two attached hydrogens (primary N) is 2. The molecule has 0 saturated heterocycles. The molecule has 0 radical (unpaired) electrons. The fraction of sp³-hybridized carbons (Fsp3) is 0. The number of nitrogens with zero attached hydrogens (tertiary/aromatic N) is 1. The zero-order valence-electron chi connectivity index (χ0n) is 6.00. The summed E-state index contributed by atoms with van der Waals surface area (Å²) >= 11 is 0. The third-order valence-electron chi connectivity index (χ3n) is 1.31. The van der Waals surface area contributed by atoms with E-state index in [2.05, 4.69) is 0 Å². The van der Waals surface area contributed by atoms with E-state index in [0.717, 1.165) is 4.57 Å². The van der Waals surface area contributed by atoms with Crippen LogP contribution in [0.25, 0.3) is 0 Å². The quantitative estimate of drug-likeness (QED) is 0.393. The van der Waals surface area contributed by atoms with Crippen molar-refractivity contribution in [2.24, 2.45) is 0 Å². The summed E-state index contributed by atoms with van der Waals surface area (Å²) < 4.78 is 0.719. The lowest BCUT2D eigenvalue weighted by atomic mass is 10.5. The van der Waals surface area contributed by atoms with Gasteiger partial charge in [0, 0.05) is 6.04 Å². The van der Waals surface area contributed by atoms with E-state index in [1.807, 2.05) is 11.0 Å². The van der Waals surface area contributed by atoms with Crippen LogP contribution in [0, 0.1) is 12.5 Å². The average Bonchev–Trinajstić information content (AvgIpc) is 2.01. The molecule has 0 atom stereocenters. The molecule has 0 aliphatic carbocycles. The number of rotatable bonds is 0. The van der Waals surface area contributed by atoms with Crippen LogP contribution in [0.5, 0.6) is 0 Å². The van der Waals surface area contributed by atoms with Gasteiger partial charge in [-0.1, -0.05) is 6.42 Å². The Labute approximate surface area is 66.8 Å². The van der Waals surface area contributed by atoms with Gasteiger partial charge >= 0.3 is 5.69 Å². The molecular weight excluding hydrogens is 160 g/mol. The molecular formula is C6H6N4O2. The molecule has 1 aromatic heterocycles. The third kappa shape index (κ3) is 0.932. The van der Waals surface area contributed by atoms with Crippen LogP contribution in [0.1, 0.15) is 0 Å². The maximum Gasteiger partial charge on any atom is 0.342 e. The Hall–Kier alpha value is -2.16. The molecule has 0 amide bonds. The molecule has 0 saturated carbocycles. The summed E-state index contributed by atoms with van der Waals surface area (Å²) in [6, 6.07) is 1.96. The summed E-state index contributed by atoms with van der Waals surface area (Å²) in [5.74, 6) is -0.216. The van der Waals surface area contributed by atoms with Gasteiger partial charge in [-0.05, 0) is 0 Å². The van der Waals surface area contributed by atoms with Crippen LogP contribution >= 0.6 is 0 Å². The molecule has 62 valence electrons. The summed E-state index contributed by atoms with van der Waals surface area (Å²) in [4.78, 5) is 23.6. The van der Waals surface area contributed by atoms with E-state index in [1.165, 1.54) is 0 Å². The van der Waals surface area contributed by atoms with Gasteiger partial charge in [0.25, 0.3) is 5.56 Å². The van der Waals surface area contributed by atoms with E-state index in [1.54, 1.807) is 0 Å². The first kappa shape index (κ1) is 7.94. The smallest absolute Gasteiger partial charge is 0.342 e. The predicted molar refractivity (Wildman–Crippen MR) is 44.4 cm³/mol. The highest BCUT2D eigenvalue weighted by Crippen LogP contribution is 2.01. The molecule has 0 fully saturated rings. The molecule has 0 aromatic carbocycles. The maximum absolute atomic E-state index is 10.9. The molecule has 0 unspecified atom stereocenters. The minimum absolute atomic E-state index is 0.216. The van der Waals surface area contributed by atoms with Crippen LogP contribution in [0.15, 0.2) is 9.59 Å². The Morgan fingerprint density at radius 2 is 2.00 bits per heavy atom. The molecule has 0 aliphatic rings. The van der Waals surface area contributed by atoms with Crippen LogP contribution in [-0.4, -0.2) is 9.55 Å². The zero-order chi connectivity index (χ0) is 9.30. The summed E-state index contributed by atoms with van der Waals surface area (Å²) in [6.45, 7) is 0. The molecule has 0 aliphatic heterocycles. The fourth-order valence-corrected chi connectivity index (χ4v) is 0.695. The fourth-order valence-electron chi connectivity index (χ4n) is 0.695. The lowest BCUT2D eigenvalue weighted by Crippen LogP contribution is -2.32. The molecule has 5 N–H and O–H groups in total. The van der Waals surface area contributed by atoms with Crippen LogP contribution in [0.4, 0.5) is 11.5 Å². The molecule has 1 heterocycles. The average molecular weight is 166 g/mol. The number of anilines is 2. The lowest BCUT2D eigenvalue weighted by molar-refractivity contribution is 0.942. The first-order chi connectivity index (χ1) is 5.57. The Morgan fingerprint density at radius 1 is 1.42 bits per heavy atom. The molecule has 6 heteroatoms. The summed E-state index contributed by atoms with van der Waals surface area (Å²) in [6.07, 6.45) is 4.93. The maximum atomic E-state index is 10.9. The normalized spacial score (nSPS) is 9.25. The number of nitrogen functional groups attached to an aromatic ring is 2. The standard InChI is InChI=1S/C6H6N4O2/c1-2-10-4(8)3(7)5(11)9-6(10)12/h1H,7-8H2,(H,9,11,12). The van der Waals surface area contributed by atoms with E-state index in [0.29, 0.717) is 0 Å². The van der Waals surface area contributed by atoms with E-state index in [-0.39, 0.29) is 11.5 Å². The van der Waals surface area contributed by atoms with Gasteiger partial charge in [0.1, 0.15) is 11.5 Å². The number of aromatic amines is 1. The van der Waals surface area contributed by atoms with Crippen molar-refractivity contribution >= 4 is 11.5 Å². The van der Waals surface area contributed by atoms with Gasteiger partial charge in [0.05, 0.1) is 0 Å². The first-order valence-corrected chi connectivity index (χ1v) is 2.95. The van der Waals surface area contributed by atoms with Crippen molar-refractivity contribution in [3.63, 3.8) is 0 Å². The molecule has 0 bridgehead atoms. The Morgan fingerprint density at radius 3 is 2.50 bits per heavy atom. The number of nitrogens with one attached hydrogen (secondary N) is 1. The van der Waals surface area contributed by atoms with Gasteiger partial charge in [0.2, 0.25) is 0 Å².